The Morgan fingerprint density at radius 3 is 2.56 bits per heavy atom. The Morgan fingerprint density at radius 1 is 1.05 bits per heavy atom. The summed E-state index contributed by atoms with van der Waals surface area (Å²) in [5.74, 6) is 1.07. The summed E-state index contributed by atoms with van der Waals surface area (Å²) in [6.07, 6.45) is 7.21. The van der Waals surface area contributed by atoms with Crippen LogP contribution in [0.4, 0.5) is 11.5 Å². The van der Waals surface area contributed by atoms with Crippen LogP contribution in [0.5, 0.6) is 5.75 Å². The van der Waals surface area contributed by atoms with E-state index >= 15 is 0 Å². The number of benzene rings is 2. The summed E-state index contributed by atoms with van der Waals surface area (Å²) in [6.45, 7) is 6.82. The summed E-state index contributed by atoms with van der Waals surface area (Å²) in [6, 6.07) is 17.9. The quantitative estimate of drug-likeness (QED) is 0.108. The number of carbonyl (C=O) groups excluding carboxylic acids is 2. The topological polar surface area (TPSA) is 84.9 Å². The zero-order chi connectivity index (χ0) is 29.4. The lowest BCUT2D eigenvalue weighted by Crippen LogP contribution is -2.33. The average Bonchev–Trinajstić information content (AvgIpc) is 3.07. The molecule has 0 radical (unpaired) electrons. The number of aromatic nitrogens is 2. The van der Waals surface area contributed by atoms with Gasteiger partial charge in [-0.15, -0.1) is 0 Å². The molecule has 3 aromatic rings. The molecule has 9 heteroatoms. The maximum Gasteiger partial charge on any atom is 0.306 e. The minimum atomic E-state index is -0.458. The van der Waals surface area contributed by atoms with Gasteiger partial charge in [0.15, 0.2) is 5.16 Å². The highest BCUT2D eigenvalue weighted by Crippen LogP contribution is 2.32. The van der Waals surface area contributed by atoms with Crippen LogP contribution in [0.3, 0.4) is 0 Å². The first-order valence-electron chi connectivity index (χ1n) is 14.1. The highest BCUT2D eigenvalue weighted by molar-refractivity contribution is 7.98. The van der Waals surface area contributed by atoms with Crippen LogP contribution < -0.4 is 14.5 Å². The average molecular weight is 577 g/mol. The number of amides is 1. The molecule has 0 bridgehead atoms. The second-order valence-electron chi connectivity index (χ2n) is 11.2. The van der Waals surface area contributed by atoms with Crippen molar-refractivity contribution in [3.05, 3.63) is 71.9 Å². The number of unbranched alkanes of at least 4 members (excludes halogenated alkanes) is 2. The molecular weight excluding hydrogens is 536 g/mol. The van der Waals surface area contributed by atoms with Crippen molar-refractivity contribution in [3.8, 4) is 5.75 Å². The Labute approximate surface area is 247 Å². The lowest BCUT2D eigenvalue weighted by atomic mass is 10.0. The monoisotopic (exact) mass is 576 g/mol. The molecule has 8 nitrogen and oxygen atoms in total. The highest BCUT2D eigenvalue weighted by Gasteiger charge is 2.28. The van der Waals surface area contributed by atoms with E-state index in [-0.39, 0.29) is 18.0 Å². The SMILES string of the molecule is CSc1ncc2c(n1)N(C)CCN(c1cccc(OC(CCCCCC(=O)OC(C)(C)C)c3ccccc3)c1)C2=O. The Bertz CT molecular complexity index is 1330. The number of rotatable bonds is 11. The summed E-state index contributed by atoms with van der Waals surface area (Å²) in [5.41, 5.74) is 1.89. The predicted octanol–water partition coefficient (Wildman–Crippen LogP) is 6.71. The van der Waals surface area contributed by atoms with Gasteiger partial charge in [0.25, 0.3) is 5.91 Å². The van der Waals surface area contributed by atoms with E-state index in [9.17, 15) is 9.59 Å². The van der Waals surface area contributed by atoms with Gasteiger partial charge in [0.2, 0.25) is 0 Å². The number of fused-ring (bicyclic) bond motifs is 1. The van der Waals surface area contributed by atoms with E-state index in [0.29, 0.717) is 41.8 Å². The fourth-order valence-corrected chi connectivity index (χ4v) is 5.10. The van der Waals surface area contributed by atoms with Crippen molar-refractivity contribution in [2.45, 2.75) is 69.7 Å². The van der Waals surface area contributed by atoms with Crippen molar-refractivity contribution in [1.29, 1.82) is 0 Å². The second-order valence-corrected chi connectivity index (χ2v) is 11.9. The number of ether oxygens (including phenoxy) is 2. The van der Waals surface area contributed by atoms with E-state index in [0.717, 1.165) is 36.9 Å². The summed E-state index contributed by atoms with van der Waals surface area (Å²) in [7, 11) is 1.95. The largest absolute Gasteiger partial charge is 0.486 e. The maximum absolute atomic E-state index is 13.6. The van der Waals surface area contributed by atoms with Gasteiger partial charge in [-0.1, -0.05) is 54.6 Å². The second kappa shape index (κ2) is 13.9. The molecule has 0 saturated heterocycles. The van der Waals surface area contributed by atoms with Crippen LogP contribution in [0.2, 0.25) is 0 Å². The van der Waals surface area contributed by atoms with E-state index in [1.54, 1.807) is 11.1 Å². The Morgan fingerprint density at radius 2 is 1.83 bits per heavy atom. The van der Waals surface area contributed by atoms with Crippen LogP contribution in [0.15, 0.2) is 66.0 Å². The van der Waals surface area contributed by atoms with E-state index < -0.39 is 5.60 Å². The number of thioether (sulfide) groups is 1. The number of hydrogen-bond donors (Lipinski definition) is 0. The molecule has 2 heterocycles. The molecule has 0 N–H and O–H groups in total. The fourth-order valence-electron chi connectivity index (χ4n) is 4.77. The van der Waals surface area contributed by atoms with Gasteiger partial charge in [-0.2, -0.15) is 0 Å². The molecule has 1 unspecified atom stereocenters. The van der Waals surface area contributed by atoms with E-state index in [1.807, 2.05) is 81.4 Å². The van der Waals surface area contributed by atoms with Crippen molar-refractivity contribution in [1.82, 2.24) is 9.97 Å². The van der Waals surface area contributed by atoms with Crippen LogP contribution in [0.1, 0.15) is 74.9 Å². The first-order chi connectivity index (χ1) is 19.6. The molecule has 1 aliphatic rings. The third-order valence-electron chi connectivity index (χ3n) is 6.77. The molecule has 2 aromatic carbocycles. The molecule has 0 aliphatic carbocycles. The van der Waals surface area contributed by atoms with Crippen molar-refractivity contribution < 1.29 is 19.1 Å². The summed E-state index contributed by atoms with van der Waals surface area (Å²) >= 11 is 1.45. The van der Waals surface area contributed by atoms with Crippen LogP contribution in [0, 0.1) is 0 Å². The van der Waals surface area contributed by atoms with Gasteiger partial charge < -0.3 is 19.3 Å². The number of esters is 1. The van der Waals surface area contributed by atoms with Gasteiger partial charge in [-0.25, -0.2) is 9.97 Å². The number of anilines is 2. The normalized spacial score (nSPS) is 14.3. The minimum absolute atomic E-state index is 0.126. The maximum atomic E-state index is 13.6. The van der Waals surface area contributed by atoms with Gasteiger partial charge in [0.05, 0.1) is 0 Å². The highest BCUT2D eigenvalue weighted by atomic mass is 32.2. The van der Waals surface area contributed by atoms with Crippen LogP contribution >= 0.6 is 11.8 Å². The molecule has 0 spiro atoms. The molecule has 1 aliphatic heterocycles. The smallest absolute Gasteiger partial charge is 0.306 e. The summed E-state index contributed by atoms with van der Waals surface area (Å²) in [5, 5.41) is 0.643. The third kappa shape index (κ3) is 8.45. The molecule has 0 fully saturated rings. The van der Waals surface area contributed by atoms with Crippen LogP contribution in [-0.2, 0) is 9.53 Å². The minimum Gasteiger partial charge on any atom is -0.486 e. The van der Waals surface area contributed by atoms with Crippen molar-refractivity contribution in [2.24, 2.45) is 0 Å². The van der Waals surface area contributed by atoms with Gasteiger partial charge in [0.1, 0.15) is 28.8 Å². The van der Waals surface area contributed by atoms with Crippen molar-refractivity contribution in [2.75, 3.05) is 36.2 Å². The molecule has 0 saturated carbocycles. The number of likely N-dealkylation sites (N-methyl/N-ethyl adjacent to an activating group) is 1. The lowest BCUT2D eigenvalue weighted by molar-refractivity contribution is -0.154. The third-order valence-corrected chi connectivity index (χ3v) is 7.33. The molecule has 41 heavy (non-hydrogen) atoms. The van der Waals surface area contributed by atoms with Crippen LogP contribution in [-0.4, -0.2) is 53.8 Å². The molecular formula is C32H40N4O4S. The van der Waals surface area contributed by atoms with Crippen LogP contribution in [0.25, 0.3) is 0 Å². The number of carbonyl (C=O) groups is 2. The first kappa shape index (κ1) is 30.4. The first-order valence-corrected chi connectivity index (χ1v) is 15.3. The summed E-state index contributed by atoms with van der Waals surface area (Å²) < 4.78 is 12.0. The molecule has 1 aromatic heterocycles. The van der Waals surface area contributed by atoms with Gasteiger partial charge in [-0.05, 0) is 64.0 Å². The Balaban J connectivity index is 1.45. The molecule has 218 valence electrons. The standard InChI is InChI=1S/C32H40N4O4S/c1-32(2,3)40-28(37)18-11-7-10-17-27(23-13-8-6-9-14-23)39-25-16-12-15-24(21-25)36-20-19-35(4)29-26(30(36)38)22-33-31(34-29)41-5/h6,8-9,12-16,21-22,27H,7,10-11,17-20H2,1-5H3. The van der Waals surface area contributed by atoms with Crippen molar-refractivity contribution >= 4 is 35.1 Å². The van der Waals surface area contributed by atoms with E-state index in [1.165, 1.54) is 11.8 Å². The fraction of sp³-hybridized carbons (Fsp3) is 0.438. The van der Waals surface area contributed by atoms with Gasteiger partial charge in [0, 0.05) is 44.5 Å². The van der Waals surface area contributed by atoms with E-state index in [2.05, 4.69) is 22.1 Å². The molecule has 4 rings (SSSR count). The zero-order valence-electron chi connectivity index (χ0n) is 24.6. The summed E-state index contributed by atoms with van der Waals surface area (Å²) in [4.78, 5) is 38.4. The van der Waals surface area contributed by atoms with E-state index in [4.69, 9.17) is 9.47 Å². The van der Waals surface area contributed by atoms with Gasteiger partial charge >= 0.3 is 5.97 Å². The van der Waals surface area contributed by atoms with Gasteiger partial charge in [-0.3, -0.25) is 9.59 Å². The zero-order valence-corrected chi connectivity index (χ0v) is 25.4. The Kier molecular flexibility index (Phi) is 10.3. The molecule has 1 atom stereocenters. The lowest BCUT2D eigenvalue weighted by Gasteiger charge is -2.24. The number of nitrogens with zero attached hydrogens (tertiary/aromatic N) is 4. The number of hydrogen-bond acceptors (Lipinski definition) is 8. The predicted molar refractivity (Wildman–Crippen MR) is 164 cm³/mol. The molecule has 1 amide bonds. The Hall–Kier alpha value is -3.59. The van der Waals surface area contributed by atoms with Crippen molar-refractivity contribution in [3.63, 3.8) is 0 Å².